The van der Waals surface area contributed by atoms with Gasteiger partial charge in [-0.25, -0.2) is 0 Å². The first-order valence-electron chi connectivity index (χ1n) is 15.1. The Labute approximate surface area is 272 Å². The Kier molecular flexibility index (Phi) is 13.8. The summed E-state index contributed by atoms with van der Waals surface area (Å²) in [7, 11) is 0. The normalized spacial score (nSPS) is 50.2. The van der Waals surface area contributed by atoms with Gasteiger partial charge in [-0.05, 0) is 0 Å². The van der Waals surface area contributed by atoms with Crippen LogP contribution in [0.4, 0.5) is 0 Å². The summed E-state index contributed by atoms with van der Waals surface area (Å²) in [4.78, 5) is 12.3. The minimum absolute atomic E-state index is 0.765. The molecule has 0 spiro atoms. The van der Waals surface area contributed by atoms with E-state index in [4.69, 9.17) is 33.2 Å². The molecule has 22 heteroatoms. The van der Waals surface area contributed by atoms with Gasteiger partial charge >= 0.3 is 0 Å². The average molecular weight is 708 g/mol. The zero-order valence-corrected chi connectivity index (χ0v) is 25.5. The second-order valence-electron chi connectivity index (χ2n) is 11.9. The number of carbonyl (C=O) groups is 1. The molecule has 0 bridgehead atoms. The lowest BCUT2D eigenvalue weighted by atomic mass is 9.94. The van der Waals surface area contributed by atoms with Crippen molar-refractivity contribution < 1.29 is 104 Å². The number of amides is 1. The van der Waals surface area contributed by atoms with Crippen LogP contribution in [0.15, 0.2) is 0 Å². The molecule has 0 radical (unpaired) electrons. The van der Waals surface area contributed by atoms with Gasteiger partial charge < -0.3 is 105 Å². The summed E-state index contributed by atoms with van der Waals surface area (Å²) in [6.07, 6.45) is -33.8. The summed E-state index contributed by atoms with van der Waals surface area (Å²) in [6.45, 7) is -2.41. The molecule has 4 fully saturated rings. The number of aliphatic hydroxyl groups excluding tert-OH is 13. The van der Waals surface area contributed by atoms with Crippen molar-refractivity contribution in [3.8, 4) is 0 Å². The molecule has 22 nitrogen and oxygen atoms in total. The maximum atomic E-state index is 12.3. The number of aliphatic hydroxyl groups is 13. The lowest BCUT2D eigenvalue weighted by Gasteiger charge is -2.50. The van der Waals surface area contributed by atoms with E-state index in [1.54, 1.807) is 0 Å². The Balaban J connectivity index is 1.61. The molecular weight excluding hydrogens is 662 g/mol. The van der Waals surface area contributed by atoms with Crippen molar-refractivity contribution in [2.24, 2.45) is 0 Å². The quantitative estimate of drug-likeness (QED) is 0.0947. The molecular formula is C26H45NO21. The van der Waals surface area contributed by atoms with Gasteiger partial charge in [0.25, 0.3) is 0 Å². The highest BCUT2D eigenvalue weighted by Gasteiger charge is 2.55. The van der Waals surface area contributed by atoms with Crippen LogP contribution in [0, 0.1) is 0 Å². The SMILES string of the molecule is CC(=O)N[C@H]1[C@H](O[C@H]2[C@@H](O)[C@@H](CO)O[C@@H](O[C@H]3[C@H](O)[C@@H](O)[C@H](O)O[C@@H]3CO)[C@@H]2O)O[C@H](CO)[C@@H](O)[C@@H]1O[C@@H]1O[C@H](CO)[C@H](O)[C@H](O)[C@H]1O. The van der Waals surface area contributed by atoms with E-state index < -0.39 is 155 Å². The molecule has 4 heterocycles. The summed E-state index contributed by atoms with van der Waals surface area (Å²) in [5, 5.41) is 136. The highest BCUT2D eigenvalue weighted by Crippen LogP contribution is 2.34. The highest BCUT2D eigenvalue weighted by molar-refractivity contribution is 5.73. The van der Waals surface area contributed by atoms with E-state index in [-0.39, 0.29) is 0 Å². The van der Waals surface area contributed by atoms with Gasteiger partial charge in [-0.1, -0.05) is 0 Å². The number of ether oxygens (including phenoxy) is 7. The Hall–Kier alpha value is -1.33. The van der Waals surface area contributed by atoms with Gasteiger partial charge in [0, 0.05) is 6.92 Å². The summed E-state index contributed by atoms with van der Waals surface area (Å²) < 4.78 is 38.7. The van der Waals surface area contributed by atoms with E-state index in [1.807, 2.05) is 0 Å². The molecule has 280 valence electrons. The van der Waals surface area contributed by atoms with Crippen molar-refractivity contribution in [3.63, 3.8) is 0 Å². The van der Waals surface area contributed by atoms with E-state index in [0.29, 0.717) is 0 Å². The molecule has 0 aromatic heterocycles. The number of hydrogen-bond acceptors (Lipinski definition) is 21. The second-order valence-corrected chi connectivity index (χ2v) is 11.9. The van der Waals surface area contributed by atoms with Gasteiger partial charge in [0.15, 0.2) is 25.2 Å². The Morgan fingerprint density at radius 3 is 1.50 bits per heavy atom. The van der Waals surface area contributed by atoms with Gasteiger partial charge in [-0.2, -0.15) is 0 Å². The molecule has 4 aliphatic rings. The van der Waals surface area contributed by atoms with Crippen LogP contribution in [-0.4, -0.2) is 221 Å². The number of hydrogen-bond donors (Lipinski definition) is 14. The first kappa shape index (κ1) is 39.5. The maximum Gasteiger partial charge on any atom is 0.217 e. The molecule has 0 unspecified atom stereocenters. The van der Waals surface area contributed by atoms with Gasteiger partial charge in [0.1, 0.15) is 97.6 Å². The molecule has 48 heavy (non-hydrogen) atoms. The zero-order valence-electron chi connectivity index (χ0n) is 25.5. The minimum atomic E-state index is -2.04. The molecule has 0 saturated carbocycles. The number of carbonyl (C=O) groups excluding carboxylic acids is 1. The first-order chi connectivity index (χ1) is 22.7. The highest BCUT2D eigenvalue weighted by atomic mass is 16.8. The molecule has 4 rings (SSSR count). The van der Waals surface area contributed by atoms with Crippen molar-refractivity contribution >= 4 is 5.91 Å². The third kappa shape index (κ3) is 8.08. The first-order valence-corrected chi connectivity index (χ1v) is 15.1. The predicted molar refractivity (Wildman–Crippen MR) is 145 cm³/mol. The third-order valence-corrected chi connectivity index (χ3v) is 8.61. The van der Waals surface area contributed by atoms with Crippen LogP contribution >= 0.6 is 0 Å². The van der Waals surface area contributed by atoms with Crippen molar-refractivity contribution in [1.82, 2.24) is 5.32 Å². The van der Waals surface area contributed by atoms with Gasteiger partial charge in [-0.3, -0.25) is 4.79 Å². The topological polar surface area (TPSA) is 357 Å². The summed E-state index contributed by atoms with van der Waals surface area (Å²) >= 11 is 0. The standard InChI is InChI=1S/C26H45NO21/c1-6(32)27-11-21(47-25-18(39)15(36)12(33)7(2-28)44-25)13(34)8(3-29)43-24(11)48-22-14(35)9(4-30)45-26(19(22)40)46-20-10(5-31)42-23(41)17(38)16(20)37/h7-26,28-31,33-41H,2-5H2,1H3,(H,27,32)/t7-,8-,9-,10-,11-,12+,13-,14+,15+,16-,17-,18-,19-,20-,21-,22+,23-,24+,25+,26+/m1/s1. The zero-order chi connectivity index (χ0) is 35.6. The molecule has 4 saturated heterocycles. The molecule has 0 aliphatic carbocycles. The Morgan fingerprint density at radius 1 is 0.500 bits per heavy atom. The fourth-order valence-corrected chi connectivity index (χ4v) is 5.94. The minimum Gasteiger partial charge on any atom is -0.394 e. The van der Waals surface area contributed by atoms with Crippen LogP contribution in [0.25, 0.3) is 0 Å². The fourth-order valence-electron chi connectivity index (χ4n) is 5.94. The Morgan fingerprint density at radius 2 is 0.958 bits per heavy atom. The third-order valence-electron chi connectivity index (χ3n) is 8.61. The smallest absolute Gasteiger partial charge is 0.217 e. The molecule has 14 N–H and O–H groups in total. The molecule has 20 atom stereocenters. The van der Waals surface area contributed by atoms with Crippen molar-refractivity contribution in [2.75, 3.05) is 26.4 Å². The number of rotatable bonds is 11. The van der Waals surface area contributed by atoms with Crippen molar-refractivity contribution in [2.45, 2.75) is 130 Å². The van der Waals surface area contributed by atoms with E-state index in [1.165, 1.54) is 0 Å². The second kappa shape index (κ2) is 16.8. The van der Waals surface area contributed by atoms with Crippen LogP contribution in [0.1, 0.15) is 6.92 Å². The van der Waals surface area contributed by atoms with E-state index in [9.17, 15) is 71.2 Å². The summed E-state index contributed by atoms with van der Waals surface area (Å²) in [5.74, 6) is -0.765. The molecule has 4 aliphatic heterocycles. The Bertz CT molecular complexity index is 1030. The molecule has 0 aromatic carbocycles. The van der Waals surface area contributed by atoms with E-state index in [2.05, 4.69) is 5.32 Å². The predicted octanol–water partition coefficient (Wildman–Crippen LogP) is -9.61. The lowest BCUT2D eigenvalue weighted by molar-refractivity contribution is -0.379. The van der Waals surface area contributed by atoms with E-state index >= 15 is 0 Å². The molecule has 1 amide bonds. The maximum absolute atomic E-state index is 12.3. The van der Waals surface area contributed by atoms with Crippen LogP contribution in [-0.2, 0) is 38.0 Å². The number of nitrogens with one attached hydrogen (secondary N) is 1. The largest absolute Gasteiger partial charge is 0.394 e. The lowest BCUT2D eigenvalue weighted by Crippen LogP contribution is -2.70. The molecule has 0 aromatic rings. The van der Waals surface area contributed by atoms with Gasteiger partial charge in [-0.15, -0.1) is 0 Å². The monoisotopic (exact) mass is 707 g/mol. The van der Waals surface area contributed by atoms with E-state index in [0.717, 1.165) is 6.92 Å². The summed E-state index contributed by atoms with van der Waals surface area (Å²) in [6, 6.07) is -1.61. The van der Waals surface area contributed by atoms with Gasteiger partial charge in [0.05, 0.1) is 26.4 Å². The van der Waals surface area contributed by atoms with Crippen LogP contribution in [0.5, 0.6) is 0 Å². The average Bonchev–Trinajstić information content (AvgIpc) is 3.06. The van der Waals surface area contributed by atoms with Crippen LogP contribution in [0.2, 0.25) is 0 Å². The van der Waals surface area contributed by atoms with Crippen molar-refractivity contribution in [1.29, 1.82) is 0 Å². The summed E-state index contributed by atoms with van der Waals surface area (Å²) in [5.41, 5.74) is 0. The fraction of sp³-hybridized carbons (Fsp3) is 0.962. The van der Waals surface area contributed by atoms with Crippen LogP contribution in [0.3, 0.4) is 0 Å². The van der Waals surface area contributed by atoms with Crippen LogP contribution < -0.4 is 5.32 Å². The van der Waals surface area contributed by atoms with Crippen molar-refractivity contribution in [3.05, 3.63) is 0 Å². The van der Waals surface area contributed by atoms with Gasteiger partial charge in [0.2, 0.25) is 5.91 Å².